The van der Waals surface area contributed by atoms with Gasteiger partial charge in [0.2, 0.25) is 5.91 Å². The molecule has 0 aliphatic rings. The summed E-state index contributed by atoms with van der Waals surface area (Å²) in [6, 6.07) is 24.3. The SMILES string of the molecule is CCc1ccc(-n2c(SC(C(N)=O)c3ccccc3)nc3ccccc3c2=O)cc1. The first-order chi connectivity index (χ1) is 14.6. The van der Waals surface area contributed by atoms with Gasteiger partial charge in [-0.3, -0.25) is 14.2 Å². The highest BCUT2D eigenvalue weighted by molar-refractivity contribution is 8.00. The largest absolute Gasteiger partial charge is 0.368 e. The van der Waals surface area contributed by atoms with Crippen LogP contribution in [0.5, 0.6) is 0 Å². The summed E-state index contributed by atoms with van der Waals surface area (Å²) in [5.74, 6) is -0.485. The van der Waals surface area contributed by atoms with Gasteiger partial charge in [0.1, 0.15) is 5.25 Å². The number of carbonyl (C=O) groups is 1. The van der Waals surface area contributed by atoms with Gasteiger partial charge in [0.25, 0.3) is 5.56 Å². The zero-order valence-corrected chi connectivity index (χ0v) is 17.3. The Morgan fingerprint density at radius 3 is 2.33 bits per heavy atom. The van der Waals surface area contributed by atoms with Gasteiger partial charge in [-0.15, -0.1) is 0 Å². The highest BCUT2D eigenvalue weighted by Gasteiger charge is 2.23. The molecule has 30 heavy (non-hydrogen) atoms. The molecule has 5 nitrogen and oxygen atoms in total. The second kappa shape index (κ2) is 8.55. The summed E-state index contributed by atoms with van der Waals surface area (Å²) in [4.78, 5) is 30.4. The van der Waals surface area contributed by atoms with Crippen molar-refractivity contribution in [2.75, 3.05) is 0 Å². The summed E-state index contributed by atoms with van der Waals surface area (Å²) in [6.07, 6.45) is 0.907. The number of aryl methyl sites for hydroxylation is 1. The van der Waals surface area contributed by atoms with Gasteiger partial charge >= 0.3 is 0 Å². The number of nitrogens with two attached hydrogens (primary N) is 1. The molecule has 0 bridgehead atoms. The Morgan fingerprint density at radius 1 is 1.00 bits per heavy atom. The van der Waals surface area contributed by atoms with Crippen LogP contribution in [-0.2, 0) is 11.2 Å². The maximum Gasteiger partial charge on any atom is 0.266 e. The Morgan fingerprint density at radius 2 is 1.67 bits per heavy atom. The molecule has 0 radical (unpaired) electrons. The topological polar surface area (TPSA) is 78.0 Å². The Balaban J connectivity index is 1.91. The summed E-state index contributed by atoms with van der Waals surface area (Å²) in [6.45, 7) is 2.08. The highest BCUT2D eigenvalue weighted by atomic mass is 32.2. The third-order valence-electron chi connectivity index (χ3n) is 4.93. The average Bonchev–Trinajstić information content (AvgIpc) is 2.78. The maximum atomic E-state index is 13.4. The van der Waals surface area contributed by atoms with Crippen molar-refractivity contribution in [2.45, 2.75) is 23.8 Å². The van der Waals surface area contributed by atoms with E-state index in [9.17, 15) is 9.59 Å². The molecule has 1 atom stereocenters. The molecule has 0 aliphatic carbocycles. The van der Waals surface area contributed by atoms with Gasteiger partial charge in [-0.1, -0.05) is 73.3 Å². The summed E-state index contributed by atoms with van der Waals surface area (Å²) < 4.78 is 1.56. The quantitative estimate of drug-likeness (QED) is 0.377. The molecule has 1 amide bonds. The fourth-order valence-electron chi connectivity index (χ4n) is 3.32. The molecule has 0 saturated heterocycles. The van der Waals surface area contributed by atoms with Crippen molar-refractivity contribution in [3.8, 4) is 5.69 Å². The number of primary amides is 1. The van der Waals surface area contributed by atoms with Crippen LogP contribution in [0.2, 0.25) is 0 Å². The van der Waals surface area contributed by atoms with E-state index in [1.54, 1.807) is 16.7 Å². The Bertz CT molecular complexity index is 1250. The standard InChI is InChI=1S/C24H21N3O2S/c1-2-16-12-14-18(15-13-16)27-23(29)19-10-6-7-11-20(19)26-24(27)30-21(22(25)28)17-8-4-3-5-9-17/h3-15,21H,2H2,1H3,(H2,25,28). The van der Waals surface area contributed by atoms with Crippen LogP contribution >= 0.6 is 11.8 Å². The van der Waals surface area contributed by atoms with Crippen LogP contribution in [-0.4, -0.2) is 15.5 Å². The molecule has 2 N–H and O–H groups in total. The van der Waals surface area contributed by atoms with E-state index in [-0.39, 0.29) is 5.56 Å². The predicted octanol–water partition coefficient (Wildman–Crippen LogP) is 4.27. The van der Waals surface area contributed by atoms with Gasteiger partial charge in [0.05, 0.1) is 16.6 Å². The maximum absolute atomic E-state index is 13.4. The minimum atomic E-state index is -0.666. The van der Waals surface area contributed by atoms with Crippen molar-refractivity contribution < 1.29 is 4.79 Å². The van der Waals surface area contributed by atoms with Gasteiger partial charge in [-0.05, 0) is 41.8 Å². The number of fused-ring (bicyclic) bond motifs is 1. The lowest BCUT2D eigenvalue weighted by molar-refractivity contribution is -0.117. The first-order valence-corrected chi connectivity index (χ1v) is 10.6. The van der Waals surface area contributed by atoms with Crippen molar-refractivity contribution in [2.24, 2.45) is 5.73 Å². The zero-order valence-electron chi connectivity index (χ0n) is 16.5. The van der Waals surface area contributed by atoms with Gasteiger partial charge < -0.3 is 5.73 Å². The smallest absolute Gasteiger partial charge is 0.266 e. The van der Waals surface area contributed by atoms with E-state index in [0.717, 1.165) is 12.0 Å². The second-order valence-electron chi connectivity index (χ2n) is 6.88. The van der Waals surface area contributed by atoms with Crippen LogP contribution in [0, 0.1) is 0 Å². The van der Waals surface area contributed by atoms with Crippen molar-refractivity contribution in [3.63, 3.8) is 0 Å². The fourth-order valence-corrected chi connectivity index (χ4v) is 4.39. The van der Waals surface area contributed by atoms with Gasteiger partial charge in [0, 0.05) is 0 Å². The van der Waals surface area contributed by atoms with E-state index in [1.165, 1.54) is 17.3 Å². The first-order valence-electron chi connectivity index (χ1n) is 9.70. The van der Waals surface area contributed by atoms with E-state index in [0.29, 0.717) is 21.7 Å². The first kappa shape index (κ1) is 19.9. The lowest BCUT2D eigenvalue weighted by Gasteiger charge is -2.17. The molecule has 150 valence electrons. The molecule has 0 saturated carbocycles. The van der Waals surface area contributed by atoms with Gasteiger partial charge in [-0.2, -0.15) is 0 Å². The Kier molecular flexibility index (Phi) is 5.68. The third kappa shape index (κ3) is 3.86. The molecule has 0 aliphatic heterocycles. The molecule has 1 aromatic heterocycles. The summed E-state index contributed by atoms with van der Waals surface area (Å²) in [5, 5.41) is 0.285. The number of hydrogen-bond acceptors (Lipinski definition) is 4. The van der Waals surface area contributed by atoms with Gasteiger partial charge in [0.15, 0.2) is 5.16 Å². The van der Waals surface area contributed by atoms with E-state index < -0.39 is 11.2 Å². The molecule has 6 heteroatoms. The molecular weight excluding hydrogens is 394 g/mol. The number of benzene rings is 3. The molecule has 1 unspecified atom stereocenters. The second-order valence-corrected chi connectivity index (χ2v) is 7.96. The normalized spacial score (nSPS) is 12.0. The van der Waals surface area contributed by atoms with Crippen LogP contribution in [0.1, 0.15) is 23.3 Å². The average molecular weight is 416 g/mol. The lowest BCUT2D eigenvalue weighted by atomic mass is 10.1. The number of rotatable bonds is 6. The van der Waals surface area contributed by atoms with Gasteiger partial charge in [-0.25, -0.2) is 4.98 Å². The molecule has 0 fully saturated rings. The van der Waals surface area contributed by atoms with E-state index in [2.05, 4.69) is 6.92 Å². The number of amides is 1. The summed E-state index contributed by atoms with van der Waals surface area (Å²) in [7, 11) is 0. The summed E-state index contributed by atoms with van der Waals surface area (Å²) in [5.41, 5.74) is 8.77. The van der Waals surface area contributed by atoms with Crippen LogP contribution in [0.15, 0.2) is 88.8 Å². The van der Waals surface area contributed by atoms with E-state index >= 15 is 0 Å². The molecule has 1 heterocycles. The van der Waals surface area contributed by atoms with Crippen molar-refractivity contribution >= 4 is 28.6 Å². The van der Waals surface area contributed by atoms with Crippen molar-refractivity contribution in [1.82, 2.24) is 9.55 Å². The lowest BCUT2D eigenvalue weighted by Crippen LogP contribution is -2.24. The Labute approximate surface area is 178 Å². The number of aromatic nitrogens is 2. The minimum Gasteiger partial charge on any atom is -0.368 e. The minimum absolute atomic E-state index is 0.177. The third-order valence-corrected chi connectivity index (χ3v) is 6.16. The predicted molar refractivity (Wildman–Crippen MR) is 121 cm³/mol. The molecule has 3 aromatic carbocycles. The van der Waals surface area contributed by atoms with Crippen molar-refractivity contribution in [1.29, 1.82) is 0 Å². The van der Waals surface area contributed by atoms with E-state index in [4.69, 9.17) is 10.7 Å². The molecular formula is C24H21N3O2S. The van der Waals surface area contributed by atoms with Crippen molar-refractivity contribution in [3.05, 3.63) is 100 Å². The zero-order chi connectivity index (χ0) is 21.1. The fraction of sp³-hybridized carbons (Fsp3) is 0.125. The highest BCUT2D eigenvalue weighted by Crippen LogP contribution is 2.35. The monoisotopic (exact) mass is 415 g/mol. The van der Waals surface area contributed by atoms with Crippen LogP contribution in [0.25, 0.3) is 16.6 Å². The van der Waals surface area contributed by atoms with Crippen LogP contribution < -0.4 is 11.3 Å². The Hall–Kier alpha value is -3.38. The number of hydrogen-bond donors (Lipinski definition) is 1. The number of para-hydroxylation sites is 1. The number of carbonyl (C=O) groups excluding carboxylic acids is 1. The van der Waals surface area contributed by atoms with Crippen LogP contribution in [0.3, 0.4) is 0 Å². The van der Waals surface area contributed by atoms with Crippen LogP contribution in [0.4, 0.5) is 0 Å². The molecule has 0 spiro atoms. The van der Waals surface area contributed by atoms with E-state index in [1.807, 2.05) is 66.7 Å². The number of nitrogens with zero attached hydrogens (tertiary/aromatic N) is 2. The molecule has 4 aromatic rings. The summed E-state index contributed by atoms with van der Waals surface area (Å²) >= 11 is 1.19. The number of thioether (sulfide) groups is 1. The molecule has 4 rings (SSSR count).